The van der Waals surface area contributed by atoms with Crippen molar-refractivity contribution >= 4 is 21.1 Å². The number of benzene rings is 1. The van der Waals surface area contributed by atoms with Gasteiger partial charge >= 0.3 is 0 Å². The molecule has 2 aromatic heterocycles. The number of aromatic nitrogens is 3. The molecule has 1 atom stereocenters. The maximum Gasteiger partial charge on any atom is 0.243 e. The van der Waals surface area contributed by atoms with Crippen LogP contribution in [-0.2, 0) is 16.4 Å². The number of nitrogens with one attached hydrogen (secondary N) is 1. The van der Waals surface area contributed by atoms with Crippen molar-refractivity contribution in [3.63, 3.8) is 0 Å². The van der Waals surface area contributed by atoms with Crippen molar-refractivity contribution in [1.29, 1.82) is 0 Å². The van der Waals surface area contributed by atoms with Crippen LogP contribution in [0.4, 0.5) is 0 Å². The van der Waals surface area contributed by atoms with E-state index in [-0.39, 0.29) is 0 Å². The van der Waals surface area contributed by atoms with Crippen molar-refractivity contribution in [2.24, 2.45) is 5.92 Å². The van der Waals surface area contributed by atoms with Gasteiger partial charge in [-0.3, -0.25) is 4.98 Å². The van der Waals surface area contributed by atoms with Gasteiger partial charge in [-0.1, -0.05) is 6.07 Å². The van der Waals surface area contributed by atoms with Crippen molar-refractivity contribution in [2.75, 3.05) is 13.1 Å². The summed E-state index contributed by atoms with van der Waals surface area (Å²) in [6.45, 7) is 1.10. The van der Waals surface area contributed by atoms with Crippen molar-refractivity contribution in [3.8, 4) is 0 Å². The molecule has 6 nitrogen and oxygen atoms in total. The lowest BCUT2D eigenvalue weighted by molar-refractivity contribution is 0.455. The molecule has 0 saturated carbocycles. The SMILES string of the molecule is O=S(=O)(c1ccc2nc[nH]c2c1)N1CCC(Cc2ccccn2)C1. The Hall–Kier alpha value is -2.25. The first-order valence-electron chi connectivity index (χ1n) is 7.96. The zero-order valence-corrected chi connectivity index (χ0v) is 13.9. The summed E-state index contributed by atoms with van der Waals surface area (Å²) >= 11 is 0. The summed E-state index contributed by atoms with van der Waals surface area (Å²) in [5.41, 5.74) is 2.52. The number of rotatable bonds is 4. The number of fused-ring (bicyclic) bond motifs is 1. The fraction of sp³-hybridized carbons (Fsp3) is 0.294. The van der Waals surface area contributed by atoms with Crippen LogP contribution in [0.25, 0.3) is 11.0 Å². The molecule has 1 aliphatic rings. The average molecular weight is 342 g/mol. The van der Waals surface area contributed by atoms with E-state index in [0.29, 0.717) is 23.9 Å². The third-order valence-corrected chi connectivity index (χ3v) is 6.36. The van der Waals surface area contributed by atoms with E-state index in [0.717, 1.165) is 29.6 Å². The third-order valence-electron chi connectivity index (χ3n) is 4.50. The predicted molar refractivity (Wildman–Crippen MR) is 90.9 cm³/mol. The van der Waals surface area contributed by atoms with Crippen molar-refractivity contribution in [2.45, 2.75) is 17.7 Å². The van der Waals surface area contributed by atoms with Gasteiger partial charge in [0.2, 0.25) is 10.0 Å². The van der Waals surface area contributed by atoms with Crippen LogP contribution in [0, 0.1) is 5.92 Å². The lowest BCUT2D eigenvalue weighted by Crippen LogP contribution is -2.29. The van der Waals surface area contributed by atoms with E-state index in [1.165, 1.54) is 0 Å². The van der Waals surface area contributed by atoms with Crippen molar-refractivity contribution in [1.82, 2.24) is 19.3 Å². The molecule has 0 spiro atoms. The first-order chi connectivity index (χ1) is 11.6. The van der Waals surface area contributed by atoms with Gasteiger partial charge in [0, 0.05) is 25.0 Å². The fourth-order valence-electron chi connectivity index (χ4n) is 3.22. The van der Waals surface area contributed by atoms with Crippen LogP contribution in [0.1, 0.15) is 12.1 Å². The Labute approximate surface area is 140 Å². The third kappa shape index (κ3) is 2.81. The zero-order valence-electron chi connectivity index (χ0n) is 13.1. The number of imidazole rings is 1. The van der Waals surface area contributed by atoms with Crippen LogP contribution in [0.2, 0.25) is 0 Å². The van der Waals surface area contributed by atoms with Gasteiger partial charge < -0.3 is 4.98 Å². The molecule has 1 aliphatic heterocycles. The van der Waals surface area contributed by atoms with Crippen LogP contribution in [0.5, 0.6) is 0 Å². The molecule has 1 fully saturated rings. The molecule has 4 rings (SSSR count). The predicted octanol–water partition coefficient (Wildman–Crippen LogP) is 2.21. The lowest BCUT2D eigenvalue weighted by Gasteiger charge is -2.16. The van der Waals surface area contributed by atoms with Crippen LogP contribution < -0.4 is 0 Å². The minimum absolute atomic E-state index is 0.311. The smallest absolute Gasteiger partial charge is 0.243 e. The van der Waals surface area contributed by atoms with E-state index < -0.39 is 10.0 Å². The molecule has 1 saturated heterocycles. The zero-order chi connectivity index (χ0) is 16.6. The summed E-state index contributed by atoms with van der Waals surface area (Å²) in [5.74, 6) is 0.311. The molecule has 3 heterocycles. The summed E-state index contributed by atoms with van der Waals surface area (Å²) in [6.07, 6.45) is 5.02. The van der Waals surface area contributed by atoms with Gasteiger partial charge in [-0.05, 0) is 49.1 Å². The minimum atomic E-state index is -3.47. The second kappa shape index (κ2) is 5.99. The van der Waals surface area contributed by atoms with E-state index in [9.17, 15) is 8.42 Å². The van der Waals surface area contributed by atoms with Gasteiger partial charge in [0.1, 0.15) is 0 Å². The largest absolute Gasteiger partial charge is 0.345 e. The molecule has 124 valence electrons. The fourth-order valence-corrected chi connectivity index (χ4v) is 4.78. The second-order valence-corrected chi connectivity index (χ2v) is 8.06. The summed E-state index contributed by atoms with van der Waals surface area (Å²) in [7, 11) is -3.47. The number of hydrogen-bond acceptors (Lipinski definition) is 4. The quantitative estimate of drug-likeness (QED) is 0.788. The Balaban J connectivity index is 1.52. The lowest BCUT2D eigenvalue weighted by atomic mass is 10.0. The Bertz CT molecular complexity index is 953. The number of hydrogen-bond donors (Lipinski definition) is 1. The highest BCUT2D eigenvalue weighted by atomic mass is 32.2. The summed E-state index contributed by atoms with van der Waals surface area (Å²) in [6, 6.07) is 10.9. The van der Waals surface area contributed by atoms with Gasteiger partial charge in [-0.15, -0.1) is 0 Å². The molecule has 1 N–H and O–H groups in total. The summed E-state index contributed by atoms with van der Waals surface area (Å²) < 4.78 is 27.3. The van der Waals surface area contributed by atoms with E-state index >= 15 is 0 Å². The molecule has 0 amide bonds. The van der Waals surface area contributed by atoms with Gasteiger partial charge in [-0.2, -0.15) is 4.31 Å². The average Bonchev–Trinajstić information content (AvgIpc) is 3.24. The van der Waals surface area contributed by atoms with Crippen molar-refractivity contribution in [3.05, 3.63) is 54.6 Å². The highest BCUT2D eigenvalue weighted by Crippen LogP contribution is 2.27. The summed E-state index contributed by atoms with van der Waals surface area (Å²) in [5, 5.41) is 0. The Morgan fingerprint density at radius 1 is 1.21 bits per heavy atom. The van der Waals surface area contributed by atoms with Gasteiger partial charge in [0.15, 0.2) is 0 Å². The normalized spacial score (nSPS) is 19.1. The molecule has 0 bridgehead atoms. The molecular weight excluding hydrogens is 324 g/mol. The van der Waals surface area contributed by atoms with Gasteiger partial charge in [-0.25, -0.2) is 13.4 Å². The molecule has 3 aromatic rings. The maximum atomic E-state index is 12.9. The Morgan fingerprint density at radius 3 is 2.96 bits per heavy atom. The maximum absolute atomic E-state index is 12.9. The first kappa shape index (κ1) is 15.3. The molecule has 1 aromatic carbocycles. The van der Waals surface area contributed by atoms with Crippen LogP contribution in [0.3, 0.4) is 0 Å². The van der Waals surface area contributed by atoms with Crippen LogP contribution >= 0.6 is 0 Å². The van der Waals surface area contributed by atoms with Crippen molar-refractivity contribution < 1.29 is 8.42 Å². The monoisotopic (exact) mass is 342 g/mol. The van der Waals surface area contributed by atoms with Crippen LogP contribution in [-0.4, -0.2) is 40.8 Å². The molecular formula is C17H18N4O2S. The van der Waals surface area contributed by atoms with E-state index in [1.807, 2.05) is 18.2 Å². The molecule has 24 heavy (non-hydrogen) atoms. The summed E-state index contributed by atoms with van der Waals surface area (Å²) in [4.78, 5) is 11.7. The number of pyridine rings is 1. The molecule has 7 heteroatoms. The molecule has 0 aliphatic carbocycles. The number of sulfonamides is 1. The highest BCUT2D eigenvalue weighted by Gasteiger charge is 2.32. The number of aromatic amines is 1. The Morgan fingerprint density at radius 2 is 2.12 bits per heavy atom. The van der Waals surface area contributed by atoms with E-state index in [1.54, 1.807) is 35.0 Å². The second-order valence-electron chi connectivity index (χ2n) is 6.12. The Kier molecular flexibility index (Phi) is 3.82. The molecule has 1 unspecified atom stereocenters. The van der Waals surface area contributed by atoms with Gasteiger partial charge in [0.25, 0.3) is 0 Å². The number of H-pyrrole nitrogens is 1. The first-order valence-corrected chi connectivity index (χ1v) is 9.40. The van der Waals surface area contributed by atoms with E-state index in [2.05, 4.69) is 15.0 Å². The van der Waals surface area contributed by atoms with E-state index in [4.69, 9.17) is 0 Å². The number of nitrogens with zero attached hydrogens (tertiary/aromatic N) is 3. The van der Waals surface area contributed by atoms with Crippen LogP contribution in [0.15, 0.2) is 53.8 Å². The van der Waals surface area contributed by atoms with Gasteiger partial charge in [0.05, 0.1) is 22.3 Å². The standard InChI is InChI=1S/C17H18N4O2S/c22-24(23,15-4-5-16-17(10-15)20-12-19-16)21-8-6-13(11-21)9-14-3-1-2-7-18-14/h1-5,7,10,12-13H,6,8-9,11H2,(H,19,20). The highest BCUT2D eigenvalue weighted by molar-refractivity contribution is 7.89. The topological polar surface area (TPSA) is 79.0 Å². The minimum Gasteiger partial charge on any atom is -0.345 e. The molecule has 0 radical (unpaired) electrons.